The van der Waals surface area contributed by atoms with Gasteiger partial charge >= 0.3 is 0 Å². The molecule has 4 heteroatoms. The van der Waals surface area contributed by atoms with Gasteiger partial charge in [0.05, 0.1) is 9.52 Å². The lowest BCUT2D eigenvalue weighted by Gasteiger charge is -2.42. The van der Waals surface area contributed by atoms with Crippen LogP contribution >= 0.6 is 11.3 Å². The Morgan fingerprint density at radius 1 is 0.656 bits per heavy atom. The summed E-state index contributed by atoms with van der Waals surface area (Å²) in [7, 11) is -0.476. The van der Waals surface area contributed by atoms with E-state index in [2.05, 4.69) is 211 Å². The van der Waals surface area contributed by atoms with Crippen molar-refractivity contribution in [2.24, 2.45) is 0 Å². The monoisotopic (exact) mass is 837 g/mol. The fraction of sp³-hybridized carbons (Fsp3) is 0.404. The Hall–Kier alpha value is -4.12. The molecular formula is C57H68BNSSi. The number of hydrogen-bond acceptors (Lipinski definition) is 2. The number of rotatable bonds is 4. The molecular weight excluding hydrogens is 770 g/mol. The summed E-state index contributed by atoms with van der Waals surface area (Å²) >= 11 is 2.07. The second kappa shape index (κ2) is 14.2. The van der Waals surface area contributed by atoms with Crippen molar-refractivity contribution in [2.45, 2.75) is 150 Å². The van der Waals surface area contributed by atoms with Crippen LogP contribution < -0.4 is 26.5 Å². The fourth-order valence-electron chi connectivity index (χ4n) is 10.6. The molecule has 0 radical (unpaired) electrons. The van der Waals surface area contributed by atoms with E-state index in [-0.39, 0.29) is 33.8 Å². The van der Waals surface area contributed by atoms with Crippen molar-refractivity contribution >= 4 is 87.9 Å². The molecule has 1 nitrogen and oxygen atoms in total. The summed E-state index contributed by atoms with van der Waals surface area (Å²) in [6.45, 7) is 35.9. The summed E-state index contributed by atoms with van der Waals surface area (Å²) in [4.78, 5) is 4.11. The van der Waals surface area contributed by atoms with Gasteiger partial charge in [0.2, 0.25) is 6.71 Å². The van der Waals surface area contributed by atoms with Gasteiger partial charge in [-0.05, 0) is 162 Å². The zero-order valence-corrected chi connectivity index (χ0v) is 42.2. The highest BCUT2D eigenvalue weighted by Crippen LogP contribution is 2.49. The predicted octanol–water partition coefficient (Wildman–Crippen LogP) is 12.7. The normalized spacial score (nSPS) is 16.9. The maximum Gasteiger partial charge on any atom is 0.250 e. The minimum absolute atomic E-state index is 0.00690. The van der Waals surface area contributed by atoms with E-state index in [1.165, 1.54) is 105 Å². The molecule has 9 rings (SSSR count). The molecule has 2 aliphatic heterocycles. The van der Waals surface area contributed by atoms with Crippen LogP contribution in [0.5, 0.6) is 0 Å². The molecule has 5 aromatic carbocycles. The summed E-state index contributed by atoms with van der Waals surface area (Å²) < 4.78 is 1.44. The Labute approximate surface area is 375 Å². The van der Waals surface area contributed by atoms with Crippen molar-refractivity contribution in [3.63, 3.8) is 0 Å². The van der Waals surface area contributed by atoms with Gasteiger partial charge in [-0.2, -0.15) is 0 Å². The Kier molecular flexibility index (Phi) is 9.82. The van der Waals surface area contributed by atoms with Crippen molar-refractivity contribution in [3.8, 4) is 0 Å². The minimum atomic E-state index is -0.476. The minimum Gasteiger partial charge on any atom is -0.312 e. The number of allylic oxidation sites excluding steroid dienone is 1. The average Bonchev–Trinajstić information content (AvgIpc) is 3.49. The molecule has 1 aliphatic carbocycles. The molecule has 0 fully saturated rings. The summed E-state index contributed by atoms with van der Waals surface area (Å²) in [5.74, 6) is 0. The van der Waals surface area contributed by atoms with Crippen LogP contribution in [0.4, 0.5) is 17.1 Å². The first-order valence-electron chi connectivity index (χ1n) is 23.1. The van der Waals surface area contributed by atoms with E-state index >= 15 is 0 Å². The Bertz CT molecular complexity index is 2770. The van der Waals surface area contributed by atoms with Crippen LogP contribution in [0.25, 0.3) is 21.7 Å². The molecule has 0 spiro atoms. The highest BCUT2D eigenvalue weighted by Gasteiger charge is 2.44. The molecule has 0 N–H and O–H groups in total. The van der Waals surface area contributed by atoms with E-state index in [1.807, 2.05) is 0 Å². The van der Waals surface area contributed by atoms with Gasteiger partial charge < -0.3 is 4.90 Å². The number of thiophene rings is 1. The van der Waals surface area contributed by atoms with Crippen molar-refractivity contribution < 1.29 is 0 Å². The van der Waals surface area contributed by atoms with E-state index in [0.29, 0.717) is 0 Å². The van der Waals surface area contributed by atoms with Gasteiger partial charge in [0.1, 0.15) is 0 Å². The zero-order valence-electron chi connectivity index (χ0n) is 39.9. The van der Waals surface area contributed by atoms with Crippen LogP contribution in [-0.4, -0.2) is 16.2 Å². The molecule has 1 aromatic heterocycles. The lowest BCUT2D eigenvalue weighted by atomic mass is 9.34. The van der Waals surface area contributed by atoms with E-state index < -0.39 is 9.52 Å². The topological polar surface area (TPSA) is 3.24 Å². The third-order valence-electron chi connectivity index (χ3n) is 14.8. The van der Waals surface area contributed by atoms with Crippen molar-refractivity contribution in [1.82, 2.24) is 0 Å². The molecule has 61 heavy (non-hydrogen) atoms. The molecule has 0 atom stereocenters. The third kappa shape index (κ3) is 7.13. The molecule has 0 saturated heterocycles. The predicted molar refractivity (Wildman–Crippen MR) is 276 cm³/mol. The molecule has 0 bridgehead atoms. The molecule has 3 heterocycles. The van der Waals surface area contributed by atoms with Crippen LogP contribution in [0, 0.1) is 6.92 Å². The van der Waals surface area contributed by atoms with Crippen molar-refractivity contribution in [1.29, 1.82) is 0 Å². The smallest absolute Gasteiger partial charge is 0.250 e. The first-order chi connectivity index (χ1) is 28.5. The van der Waals surface area contributed by atoms with Crippen LogP contribution in [0.2, 0.25) is 6.55 Å². The Morgan fingerprint density at radius 3 is 1.87 bits per heavy atom. The van der Waals surface area contributed by atoms with Crippen LogP contribution in [0.15, 0.2) is 84.9 Å². The zero-order chi connectivity index (χ0) is 43.8. The molecule has 0 saturated carbocycles. The van der Waals surface area contributed by atoms with Gasteiger partial charge in [0.15, 0.2) is 0 Å². The Balaban J connectivity index is 1.41. The number of anilines is 3. The highest BCUT2D eigenvalue weighted by atomic mass is 32.1. The molecule has 3 aliphatic rings. The number of fused-ring (bicyclic) bond motifs is 7. The molecule has 0 amide bonds. The van der Waals surface area contributed by atoms with Gasteiger partial charge in [0.25, 0.3) is 0 Å². The van der Waals surface area contributed by atoms with Gasteiger partial charge in [0, 0.05) is 26.6 Å². The average molecular weight is 838 g/mol. The quantitative estimate of drug-likeness (QED) is 0.160. The van der Waals surface area contributed by atoms with E-state index in [0.717, 1.165) is 6.42 Å². The highest BCUT2D eigenvalue weighted by molar-refractivity contribution is 7.23. The van der Waals surface area contributed by atoms with E-state index in [9.17, 15) is 0 Å². The van der Waals surface area contributed by atoms with E-state index in [1.54, 1.807) is 11.1 Å². The second-order valence-electron chi connectivity index (χ2n) is 23.3. The standard InChI is InChI=1S/C57H68BNSSi/c1-34-16-17-39(54(5,6)7)28-35(34)26-37-27-36-29-42(61-15)31-48-50(36)58(51-43-32-44-45(33-49(43)60-52(37)51)57(13,14)25-24-56(44,11)12)46-30-40(55(8,9)10)20-23-47(46)59(48)41-21-18-38(19-22-41)53(2,3)4/h16-23,27-33H,24-26,61H2,1-15H3. The molecule has 0 unspecified atom stereocenters. The first kappa shape index (κ1) is 42.2. The van der Waals surface area contributed by atoms with Crippen molar-refractivity contribution in [2.75, 3.05) is 4.90 Å². The van der Waals surface area contributed by atoms with Crippen LogP contribution in [-0.2, 0) is 33.5 Å². The molecule has 314 valence electrons. The SMILES string of the molecule is C[SiH2]c1cc2c3c(c1)N(c1ccc(C(C)(C)C)cc1)c1ccc(C(C)(C)C)cc1B3c1c(sc3cc4c(cc13)C(C)(C)CCC4(C)C)C(Cc1cc(C(C)(C)C)ccc1C)=C2. The largest absolute Gasteiger partial charge is 0.312 e. The second-order valence-corrected chi connectivity index (χ2v) is 25.9. The van der Waals surface area contributed by atoms with Gasteiger partial charge in [-0.25, -0.2) is 0 Å². The van der Waals surface area contributed by atoms with Crippen LogP contribution in [0.3, 0.4) is 0 Å². The lowest BCUT2D eigenvalue weighted by molar-refractivity contribution is 0.332. The maximum atomic E-state index is 2.69. The number of benzene rings is 5. The van der Waals surface area contributed by atoms with Crippen LogP contribution in [0.1, 0.15) is 152 Å². The van der Waals surface area contributed by atoms with Gasteiger partial charge in [-0.1, -0.05) is 156 Å². The van der Waals surface area contributed by atoms with Gasteiger partial charge in [-0.3, -0.25) is 0 Å². The maximum absolute atomic E-state index is 2.69. The van der Waals surface area contributed by atoms with Gasteiger partial charge in [-0.15, -0.1) is 11.3 Å². The summed E-state index contributed by atoms with van der Waals surface area (Å²) in [5, 5.41) is 2.98. The fourth-order valence-corrected chi connectivity index (χ4v) is 12.7. The summed E-state index contributed by atoms with van der Waals surface area (Å²) in [6, 6.07) is 34.7. The summed E-state index contributed by atoms with van der Waals surface area (Å²) in [5.41, 5.74) is 21.7. The Morgan fingerprint density at radius 2 is 1.25 bits per heavy atom. The first-order valence-corrected chi connectivity index (χ1v) is 26.0. The van der Waals surface area contributed by atoms with Crippen molar-refractivity contribution in [3.05, 3.63) is 134 Å². The molecule has 6 aromatic rings. The third-order valence-corrected chi connectivity index (χ3v) is 17.3. The summed E-state index contributed by atoms with van der Waals surface area (Å²) in [6.07, 6.45) is 5.99. The number of nitrogens with zero attached hydrogens (tertiary/aromatic N) is 1. The van der Waals surface area contributed by atoms with E-state index in [4.69, 9.17) is 0 Å². The number of hydrogen-bond donors (Lipinski definition) is 0. The lowest BCUT2D eigenvalue weighted by Crippen LogP contribution is -2.59. The number of aryl methyl sites for hydroxylation is 1.